The average Bonchev–Trinajstić information content (AvgIpc) is 3.34. The van der Waals surface area contributed by atoms with Gasteiger partial charge in [-0.1, -0.05) is 78.3 Å². The van der Waals surface area contributed by atoms with Crippen LogP contribution in [0.3, 0.4) is 0 Å². The number of aromatic nitrogens is 1. The predicted molar refractivity (Wildman–Crippen MR) is 148 cm³/mol. The maximum atomic E-state index is 13.0. The number of benzene rings is 4. The molecule has 0 saturated heterocycles. The molecule has 0 unspecified atom stereocenters. The quantitative estimate of drug-likeness (QED) is 0.179. The van der Waals surface area contributed by atoms with Crippen LogP contribution in [0.2, 0.25) is 5.02 Å². The third kappa shape index (κ3) is 5.35. The Bertz CT molecular complexity index is 1660. The van der Waals surface area contributed by atoms with Crippen molar-refractivity contribution in [3.05, 3.63) is 118 Å². The molecule has 0 aliphatic rings. The smallest absolute Gasteiger partial charge is 0.261 e. The number of ether oxygens (including phenoxy) is 1. The molecule has 5 nitrogen and oxygen atoms in total. The Morgan fingerprint density at radius 3 is 2.54 bits per heavy atom. The van der Waals surface area contributed by atoms with E-state index in [0.29, 0.717) is 29.3 Å². The minimum atomic E-state index is -0.424. The van der Waals surface area contributed by atoms with Gasteiger partial charge in [-0.05, 0) is 47.0 Å². The fourth-order valence-corrected chi connectivity index (χ4v) is 4.55. The number of nitrogens with one attached hydrogen (secondary N) is 2. The average molecular weight is 506 g/mol. The summed E-state index contributed by atoms with van der Waals surface area (Å²) in [5.74, 6) is 0.144. The van der Waals surface area contributed by atoms with Gasteiger partial charge in [-0.15, -0.1) is 0 Å². The maximum absolute atomic E-state index is 13.0. The third-order valence-corrected chi connectivity index (χ3v) is 6.65. The minimum absolute atomic E-state index is 0.0119. The second kappa shape index (κ2) is 11.0. The molecule has 0 spiro atoms. The van der Waals surface area contributed by atoms with Crippen LogP contribution in [0.1, 0.15) is 16.7 Å². The molecule has 0 aliphatic carbocycles. The lowest BCUT2D eigenvalue weighted by atomic mass is 10.0. The molecule has 0 aliphatic heterocycles. The number of aromatic amines is 1. The van der Waals surface area contributed by atoms with Gasteiger partial charge < -0.3 is 15.0 Å². The predicted octanol–water partition coefficient (Wildman–Crippen LogP) is 6.82. The van der Waals surface area contributed by atoms with E-state index in [0.717, 1.165) is 32.8 Å². The molecule has 5 rings (SSSR count). The van der Waals surface area contributed by atoms with Crippen LogP contribution in [0.15, 0.2) is 96.7 Å². The van der Waals surface area contributed by atoms with Gasteiger partial charge in [-0.25, -0.2) is 0 Å². The summed E-state index contributed by atoms with van der Waals surface area (Å²) in [4.78, 5) is 16.2. The Kier molecular flexibility index (Phi) is 7.21. The Morgan fingerprint density at radius 1 is 0.946 bits per heavy atom. The summed E-state index contributed by atoms with van der Waals surface area (Å²) in [6.45, 7) is 0.669. The van der Waals surface area contributed by atoms with Crippen LogP contribution >= 0.6 is 11.6 Å². The number of carbonyl (C=O) groups excluding carboxylic acids is 1. The number of fused-ring (bicyclic) bond motifs is 2. The molecule has 0 fully saturated rings. The van der Waals surface area contributed by atoms with Crippen molar-refractivity contribution in [1.82, 2.24) is 10.3 Å². The first-order valence-electron chi connectivity index (χ1n) is 12.0. The maximum Gasteiger partial charge on any atom is 0.261 e. The van der Waals surface area contributed by atoms with Crippen molar-refractivity contribution in [2.24, 2.45) is 0 Å². The van der Waals surface area contributed by atoms with E-state index < -0.39 is 5.91 Å². The Morgan fingerprint density at radius 2 is 1.70 bits per heavy atom. The van der Waals surface area contributed by atoms with Crippen LogP contribution in [0.4, 0.5) is 0 Å². The van der Waals surface area contributed by atoms with Crippen molar-refractivity contribution >= 4 is 45.3 Å². The molecular weight excluding hydrogens is 482 g/mol. The topological polar surface area (TPSA) is 77.9 Å². The van der Waals surface area contributed by atoms with E-state index in [1.165, 1.54) is 0 Å². The highest BCUT2D eigenvalue weighted by molar-refractivity contribution is 6.31. The van der Waals surface area contributed by atoms with E-state index in [1.54, 1.807) is 6.08 Å². The Hall–Kier alpha value is -4.53. The highest BCUT2D eigenvalue weighted by Crippen LogP contribution is 2.31. The van der Waals surface area contributed by atoms with E-state index in [2.05, 4.69) is 16.4 Å². The summed E-state index contributed by atoms with van der Waals surface area (Å²) in [7, 11) is 0. The number of amides is 1. The summed E-state index contributed by atoms with van der Waals surface area (Å²) in [6.07, 6.45) is 4.21. The second-order valence-electron chi connectivity index (χ2n) is 8.61. The molecule has 0 atom stereocenters. The minimum Gasteiger partial charge on any atom is -0.488 e. The molecular formula is C31H24ClN3O2. The molecule has 0 saturated carbocycles. The Labute approximate surface area is 220 Å². The number of halogens is 1. The zero-order chi connectivity index (χ0) is 25.6. The lowest BCUT2D eigenvalue weighted by molar-refractivity contribution is -0.117. The first-order valence-corrected chi connectivity index (χ1v) is 12.3. The van der Waals surface area contributed by atoms with Crippen LogP contribution in [0.25, 0.3) is 27.8 Å². The van der Waals surface area contributed by atoms with E-state index in [9.17, 15) is 10.1 Å². The van der Waals surface area contributed by atoms with Crippen LogP contribution in [-0.2, 0) is 17.8 Å². The van der Waals surface area contributed by atoms with Crippen molar-refractivity contribution in [3.63, 3.8) is 0 Å². The number of H-pyrrole nitrogens is 1. The van der Waals surface area contributed by atoms with Crippen molar-refractivity contribution in [2.45, 2.75) is 13.0 Å². The summed E-state index contributed by atoms with van der Waals surface area (Å²) >= 11 is 6.30. The van der Waals surface area contributed by atoms with Gasteiger partial charge in [0.15, 0.2) is 0 Å². The number of para-hydroxylation sites is 1. The summed E-state index contributed by atoms with van der Waals surface area (Å²) in [5.41, 5.74) is 3.71. The van der Waals surface area contributed by atoms with Crippen molar-refractivity contribution < 1.29 is 9.53 Å². The van der Waals surface area contributed by atoms with Gasteiger partial charge >= 0.3 is 0 Å². The monoisotopic (exact) mass is 505 g/mol. The van der Waals surface area contributed by atoms with Gasteiger partial charge in [-0.3, -0.25) is 4.79 Å². The van der Waals surface area contributed by atoms with Crippen LogP contribution in [0.5, 0.6) is 5.75 Å². The zero-order valence-electron chi connectivity index (χ0n) is 20.0. The van der Waals surface area contributed by atoms with Gasteiger partial charge in [0.1, 0.15) is 24.0 Å². The highest BCUT2D eigenvalue weighted by Gasteiger charge is 2.14. The molecule has 1 heterocycles. The standard InChI is InChI=1S/C31H24ClN3O2/c32-28-11-5-2-8-23(28)20-37-30-14-13-21-7-1-3-9-25(21)27(30)17-24(18-33)31(36)34-16-15-22-19-35-29-12-6-4-10-26(22)29/h1-14,17,19,35H,15-16,20H2,(H,34,36)/b24-17-. The lowest BCUT2D eigenvalue weighted by Gasteiger charge is -2.13. The summed E-state index contributed by atoms with van der Waals surface area (Å²) in [6, 6.07) is 29.2. The molecule has 6 heteroatoms. The van der Waals surface area contributed by atoms with Gasteiger partial charge in [-0.2, -0.15) is 5.26 Å². The molecule has 0 bridgehead atoms. The lowest BCUT2D eigenvalue weighted by Crippen LogP contribution is -2.26. The van der Waals surface area contributed by atoms with E-state index in [4.69, 9.17) is 16.3 Å². The molecule has 182 valence electrons. The van der Waals surface area contributed by atoms with Gasteiger partial charge in [0.25, 0.3) is 5.91 Å². The van der Waals surface area contributed by atoms with Crippen LogP contribution in [-0.4, -0.2) is 17.4 Å². The first-order chi connectivity index (χ1) is 18.1. The zero-order valence-corrected chi connectivity index (χ0v) is 20.8. The highest BCUT2D eigenvalue weighted by atomic mass is 35.5. The number of hydrogen-bond acceptors (Lipinski definition) is 3. The molecule has 1 aromatic heterocycles. The van der Waals surface area contributed by atoms with Crippen molar-refractivity contribution in [1.29, 1.82) is 5.26 Å². The normalized spacial score (nSPS) is 11.4. The first kappa shape index (κ1) is 24.2. The molecule has 5 aromatic rings. The second-order valence-corrected chi connectivity index (χ2v) is 9.02. The molecule has 37 heavy (non-hydrogen) atoms. The summed E-state index contributed by atoms with van der Waals surface area (Å²) in [5, 5.41) is 16.4. The summed E-state index contributed by atoms with van der Waals surface area (Å²) < 4.78 is 6.13. The molecule has 4 aromatic carbocycles. The van der Waals surface area contributed by atoms with Gasteiger partial charge in [0.05, 0.1) is 0 Å². The number of nitriles is 1. The van der Waals surface area contributed by atoms with E-state index in [1.807, 2.05) is 91.1 Å². The third-order valence-electron chi connectivity index (χ3n) is 6.28. The van der Waals surface area contributed by atoms with Gasteiger partial charge in [0.2, 0.25) is 0 Å². The SMILES string of the molecule is N#C/C(=C/c1c(OCc2ccccc2Cl)ccc2ccccc12)C(=O)NCCc1c[nH]c2ccccc12. The van der Waals surface area contributed by atoms with Crippen molar-refractivity contribution in [3.8, 4) is 11.8 Å². The van der Waals surface area contributed by atoms with Crippen LogP contribution in [0, 0.1) is 11.3 Å². The Balaban J connectivity index is 1.38. The van der Waals surface area contributed by atoms with Crippen LogP contribution < -0.4 is 10.1 Å². The van der Waals surface area contributed by atoms with Gasteiger partial charge in [0, 0.05) is 39.8 Å². The fraction of sp³-hybridized carbons (Fsp3) is 0.0968. The number of carbonyl (C=O) groups is 1. The van der Waals surface area contributed by atoms with Crippen molar-refractivity contribution in [2.75, 3.05) is 6.54 Å². The molecule has 1 amide bonds. The van der Waals surface area contributed by atoms with E-state index >= 15 is 0 Å². The molecule has 0 radical (unpaired) electrons. The molecule has 2 N–H and O–H groups in total. The number of nitrogens with zero attached hydrogens (tertiary/aromatic N) is 1. The number of hydrogen-bond donors (Lipinski definition) is 2. The largest absolute Gasteiger partial charge is 0.488 e. The number of rotatable bonds is 8. The fourth-order valence-electron chi connectivity index (χ4n) is 4.36. The van der Waals surface area contributed by atoms with E-state index in [-0.39, 0.29) is 12.2 Å².